The average molecular weight is 326 g/mol. The first kappa shape index (κ1) is 16.2. The third-order valence-corrected chi connectivity index (χ3v) is 4.16. The van der Waals surface area contributed by atoms with E-state index in [1.807, 2.05) is 6.92 Å². The number of hydrogen-bond acceptors (Lipinski definition) is 3. The van der Waals surface area contributed by atoms with Crippen molar-refractivity contribution in [3.05, 3.63) is 47.5 Å². The van der Waals surface area contributed by atoms with Gasteiger partial charge < -0.3 is 10.6 Å². The molecule has 0 radical (unpaired) electrons. The van der Waals surface area contributed by atoms with Gasteiger partial charge in [-0.25, -0.2) is 0 Å². The Morgan fingerprint density at radius 1 is 1.17 bits per heavy atom. The maximum Gasteiger partial charge on any atom is 0.261 e. The molecule has 6 heteroatoms. The summed E-state index contributed by atoms with van der Waals surface area (Å²) in [5.74, 6) is 0.260. The predicted molar refractivity (Wildman–Crippen MR) is 93.1 cm³/mol. The van der Waals surface area contributed by atoms with Crippen LogP contribution in [0.5, 0.6) is 0 Å². The van der Waals surface area contributed by atoms with E-state index in [9.17, 15) is 9.59 Å². The molecule has 2 amide bonds. The zero-order chi connectivity index (χ0) is 16.9. The molecule has 1 aliphatic heterocycles. The van der Waals surface area contributed by atoms with Crippen LogP contribution in [0.25, 0.3) is 0 Å². The second kappa shape index (κ2) is 7.29. The molecular formula is C18H22N4O2. The van der Waals surface area contributed by atoms with E-state index in [2.05, 4.69) is 27.8 Å². The number of carbonyl (C=O) groups is 2. The van der Waals surface area contributed by atoms with E-state index >= 15 is 0 Å². The highest BCUT2D eigenvalue weighted by Crippen LogP contribution is 2.21. The summed E-state index contributed by atoms with van der Waals surface area (Å²) in [6.45, 7) is 3.43. The summed E-state index contributed by atoms with van der Waals surface area (Å²) in [5, 5.41) is 6.57. The summed E-state index contributed by atoms with van der Waals surface area (Å²) in [6.07, 6.45) is 6.28. The topological polar surface area (TPSA) is 73.8 Å². The molecule has 0 bridgehead atoms. The van der Waals surface area contributed by atoms with Gasteiger partial charge in [-0.3, -0.25) is 19.5 Å². The number of aliphatic imine (C=N–C) groups is 1. The standard InChI is InChI=1S/C18H22N4O2/c1-2-19-18(21-13-7-3-4-8-13)20-11-12-22-16(23)14-9-5-6-10-15(14)17(22)24/h3-6,9-10,13H,2,7-8,11-12H2,1H3,(H2,19,20,21). The van der Waals surface area contributed by atoms with Crippen LogP contribution in [0.3, 0.4) is 0 Å². The van der Waals surface area contributed by atoms with Crippen molar-refractivity contribution in [1.29, 1.82) is 0 Å². The lowest BCUT2D eigenvalue weighted by Crippen LogP contribution is -2.43. The fourth-order valence-electron chi connectivity index (χ4n) is 2.95. The first-order valence-electron chi connectivity index (χ1n) is 8.35. The normalized spacial score (nSPS) is 17.5. The Labute approximate surface area is 141 Å². The van der Waals surface area contributed by atoms with Crippen LogP contribution in [0.2, 0.25) is 0 Å². The van der Waals surface area contributed by atoms with Crippen LogP contribution < -0.4 is 10.6 Å². The fraction of sp³-hybridized carbons (Fsp3) is 0.389. The van der Waals surface area contributed by atoms with Crippen molar-refractivity contribution in [2.75, 3.05) is 19.6 Å². The van der Waals surface area contributed by atoms with Gasteiger partial charge >= 0.3 is 0 Å². The molecule has 1 aromatic carbocycles. The summed E-state index contributed by atoms with van der Waals surface area (Å²) in [7, 11) is 0. The van der Waals surface area contributed by atoms with Crippen molar-refractivity contribution in [1.82, 2.24) is 15.5 Å². The molecule has 1 heterocycles. The van der Waals surface area contributed by atoms with Gasteiger partial charge in [-0.1, -0.05) is 24.3 Å². The molecule has 0 saturated carbocycles. The Bertz CT molecular complexity index is 653. The lowest BCUT2D eigenvalue weighted by molar-refractivity contribution is 0.0659. The molecule has 0 unspecified atom stereocenters. The number of rotatable bonds is 5. The summed E-state index contributed by atoms with van der Waals surface area (Å²) in [4.78, 5) is 30.4. The maximum absolute atomic E-state index is 12.3. The van der Waals surface area contributed by atoms with Crippen LogP contribution in [0.15, 0.2) is 41.4 Å². The van der Waals surface area contributed by atoms with E-state index in [-0.39, 0.29) is 18.4 Å². The third kappa shape index (κ3) is 3.32. The molecule has 1 aromatic rings. The lowest BCUT2D eigenvalue weighted by Gasteiger charge is -2.17. The third-order valence-electron chi connectivity index (χ3n) is 4.16. The van der Waals surface area contributed by atoms with Crippen molar-refractivity contribution in [3.8, 4) is 0 Å². The van der Waals surface area contributed by atoms with Gasteiger partial charge in [0.15, 0.2) is 5.96 Å². The van der Waals surface area contributed by atoms with Crippen molar-refractivity contribution in [2.45, 2.75) is 25.8 Å². The lowest BCUT2D eigenvalue weighted by atomic mass is 10.1. The van der Waals surface area contributed by atoms with Crippen molar-refractivity contribution < 1.29 is 9.59 Å². The first-order valence-corrected chi connectivity index (χ1v) is 8.35. The zero-order valence-electron chi connectivity index (χ0n) is 13.8. The number of carbonyl (C=O) groups excluding carboxylic acids is 2. The van der Waals surface area contributed by atoms with Gasteiger partial charge in [0, 0.05) is 19.1 Å². The number of nitrogens with zero attached hydrogens (tertiary/aromatic N) is 2. The molecule has 0 saturated heterocycles. The van der Waals surface area contributed by atoms with Gasteiger partial charge in [0.1, 0.15) is 0 Å². The van der Waals surface area contributed by atoms with Gasteiger partial charge in [-0.15, -0.1) is 0 Å². The van der Waals surface area contributed by atoms with Crippen molar-refractivity contribution >= 4 is 17.8 Å². The summed E-state index contributed by atoms with van der Waals surface area (Å²) in [5.41, 5.74) is 0.960. The Morgan fingerprint density at radius 3 is 2.38 bits per heavy atom. The van der Waals surface area contributed by atoms with Crippen LogP contribution in [0.4, 0.5) is 0 Å². The van der Waals surface area contributed by atoms with Gasteiger partial charge in [-0.05, 0) is 31.9 Å². The SMILES string of the molecule is CCNC(=NCCN1C(=O)c2ccccc2C1=O)NC1CC=CC1. The number of amides is 2. The summed E-state index contributed by atoms with van der Waals surface area (Å²) < 4.78 is 0. The Kier molecular flexibility index (Phi) is 4.93. The highest BCUT2D eigenvalue weighted by atomic mass is 16.2. The van der Waals surface area contributed by atoms with E-state index < -0.39 is 0 Å². The highest BCUT2D eigenvalue weighted by molar-refractivity contribution is 6.21. The molecular weight excluding hydrogens is 304 g/mol. The average Bonchev–Trinajstić information content (AvgIpc) is 3.18. The second-order valence-corrected chi connectivity index (χ2v) is 5.85. The largest absolute Gasteiger partial charge is 0.357 e. The van der Waals surface area contributed by atoms with Gasteiger partial charge in [0.2, 0.25) is 0 Å². The van der Waals surface area contributed by atoms with E-state index in [0.717, 1.165) is 25.3 Å². The van der Waals surface area contributed by atoms with Gasteiger partial charge in [-0.2, -0.15) is 0 Å². The van der Waals surface area contributed by atoms with E-state index in [1.54, 1.807) is 24.3 Å². The molecule has 0 spiro atoms. The smallest absolute Gasteiger partial charge is 0.261 e. The Balaban J connectivity index is 1.60. The second-order valence-electron chi connectivity index (χ2n) is 5.85. The molecule has 24 heavy (non-hydrogen) atoms. The first-order chi connectivity index (χ1) is 11.7. The fourth-order valence-corrected chi connectivity index (χ4v) is 2.95. The Morgan fingerprint density at radius 2 is 1.79 bits per heavy atom. The molecule has 0 fully saturated rings. The highest BCUT2D eigenvalue weighted by Gasteiger charge is 2.34. The van der Waals surface area contributed by atoms with Crippen molar-refractivity contribution in [3.63, 3.8) is 0 Å². The minimum Gasteiger partial charge on any atom is -0.357 e. The summed E-state index contributed by atoms with van der Waals surface area (Å²) >= 11 is 0. The van der Waals surface area contributed by atoms with Crippen LogP contribution in [0.1, 0.15) is 40.5 Å². The maximum atomic E-state index is 12.3. The van der Waals surface area contributed by atoms with E-state index in [1.165, 1.54) is 4.90 Å². The molecule has 0 atom stereocenters. The minimum absolute atomic E-state index is 0.233. The number of imide groups is 1. The molecule has 0 aromatic heterocycles. The van der Waals surface area contributed by atoms with Gasteiger partial charge in [0.25, 0.3) is 11.8 Å². The molecule has 3 rings (SSSR count). The number of fused-ring (bicyclic) bond motifs is 1. The molecule has 126 valence electrons. The predicted octanol–water partition coefficient (Wildman–Crippen LogP) is 1.56. The molecule has 2 N–H and O–H groups in total. The number of hydrogen-bond donors (Lipinski definition) is 2. The van der Waals surface area contributed by atoms with E-state index in [4.69, 9.17) is 0 Å². The monoisotopic (exact) mass is 326 g/mol. The number of benzene rings is 1. The molecule has 2 aliphatic rings. The zero-order valence-corrected chi connectivity index (χ0v) is 13.8. The quantitative estimate of drug-likeness (QED) is 0.373. The number of nitrogens with one attached hydrogen (secondary N) is 2. The van der Waals surface area contributed by atoms with Crippen LogP contribution in [-0.2, 0) is 0 Å². The van der Waals surface area contributed by atoms with E-state index in [0.29, 0.717) is 23.7 Å². The van der Waals surface area contributed by atoms with Gasteiger partial charge in [0.05, 0.1) is 17.7 Å². The Hall–Kier alpha value is -2.63. The number of guanidine groups is 1. The van der Waals surface area contributed by atoms with Crippen LogP contribution in [-0.4, -0.2) is 48.3 Å². The summed E-state index contributed by atoms with van der Waals surface area (Å²) in [6, 6.07) is 7.29. The molecule has 6 nitrogen and oxygen atoms in total. The minimum atomic E-state index is -0.233. The molecule has 1 aliphatic carbocycles. The van der Waals surface area contributed by atoms with Crippen molar-refractivity contribution in [2.24, 2.45) is 4.99 Å². The van der Waals surface area contributed by atoms with Crippen LogP contribution >= 0.6 is 0 Å². The van der Waals surface area contributed by atoms with Crippen LogP contribution in [0, 0.1) is 0 Å².